The highest BCUT2D eigenvalue weighted by Crippen LogP contribution is 2.30. The van der Waals surface area contributed by atoms with Gasteiger partial charge >= 0.3 is 0 Å². The number of fused-ring (bicyclic) bond motifs is 1. The summed E-state index contributed by atoms with van der Waals surface area (Å²) < 4.78 is 2.27. The van der Waals surface area contributed by atoms with Crippen molar-refractivity contribution in [2.75, 3.05) is 0 Å². The van der Waals surface area contributed by atoms with E-state index < -0.39 is 0 Å². The summed E-state index contributed by atoms with van der Waals surface area (Å²) >= 11 is 0. The van der Waals surface area contributed by atoms with E-state index >= 15 is 0 Å². The number of nitrogens with zero attached hydrogens (tertiary/aromatic N) is 2. The summed E-state index contributed by atoms with van der Waals surface area (Å²) in [5, 5.41) is 0. The molecule has 0 N–H and O–H groups in total. The Balaban J connectivity index is 1.97. The first-order valence-electron chi connectivity index (χ1n) is 7.74. The van der Waals surface area contributed by atoms with Crippen molar-refractivity contribution in [1.29, 1.82) is 0 Å². The second-order valence-corrected chi connectivity index (χ2v) is 5.83. The van der Waals surface area contributed by atoms with Crippen molar-refractivity contribution in [2.45, 2.75) is 13.3 Å². The molecule has 0 saturated carbocycles. The molecule has 1 heterocycles. The molecule has 1 unspecified atom stereocenters. The summed E-state index contributed by atoms with van der Waals surface area (Å²) in [5.41, 5.74) is 4.55. The van der Waals surface area contributed by atoms with Crippen LogP contribution >= 0.6 is 0 Å². The molecular weight excluding hydrogens is 268 g/mol. The van der Waals surface area contributed by atoms with Crippen LogP contribution in [0, 0.1) is 5.92 Å². The third-order valence-corrected chi connectivity index (χ3v) is 4.15. The van der Waals surface area contributed by atoms with E-state index in [4.69, 9.17) is 4.98 Å². The summed E-state index contributed by atoms with van der Waals surface area (Å²) in [5.74, 6) is 1.62. The predicted octanol–water partition coefficient (Wildman–Crippen LogP) is 5.14. The van der Waals surface area contributed by atoms with Crippen LogP contribution in [0.15, 0.2) is 72.8 Å². The van der Waals surface area contributed by atoms with Gasteiger partial charge in [0.25, 0.3) is 0 Å². The van der Waals surface area contributed by atoms with Gasteiger partial charge in [-0.1, -0.05) is 61.5 Å². The third kappa shape index (κ3) is 2.17. The molecule has 2 heteroatoms. The number of para-hydroxylation sites is 2. The molecule has 0 fully saturated rings. The second kappa shape index (κ2) is 5.30. The molecule has 0 spiro atoms. The summed E-state index contributed by atoms with van der Waals surface area (Å²) in [6.07, 6.45) is 7.88. The van der Waals surface area contributed by atoms with Gasteiger partial charge in [0.15, 0.2) is 0 Å². The highest BCUT2D eigenvalue weighted by Gasteiger charge is 2.15. The number of rotatable bonds is 2. The highest BCUT2D eigenvalue weighted by molar-refractivity contribution is 5.86. The minimum Gasteiger partial charge on any atom is -0.293 e. The number of aromatic nitrogens is 2. The maximum absolute atomic E-state index is 4.87. The molecular formula is C20H18N2. The van der Waals surface area contributed by atoms with Crippen LogP contribution in [-0.4, -0.2) is 9.55 Å². The molecule has 2 aromatic carbocycles. The Morgan fingerprint density at radius 1 is 1.00 bits per heavy atom. The molecule has 1 aliphatic rings. The Bertz CT molecular complexity index is 869. The first kappa shape index (κ1) is 13.1. The van der Waals surface area contributed by atoms with E-state index in [0.717, 1.165) is 28.8 Å². The van der Waals surface area contributed by atoms with Crippen LogP contribution in [0.3, 0.4) is 0 Å². The molecule has 0 radical (unpaired) electrons. The Morgan fingerprint density at radius 3 is 2.55 bits per heavy atom. The Labute approximate surface area is 130 Å². The average Bonchev–Trinajstić information content (AvgIpc) is 2.96. The molecule has 1 aromatic heterocycles. The Morgan fingerprint density at radius 2 is 1.77 bits per heavy atom. The van der Waals surface area contributed by atoms with Crippen LogP contribution in [0.5, 0.6) is 0 Å². The molecule has 0 amide bonds. The van der Waals surface area contributed by atoms with Gasteiger partial charge in [0, 0.05) is 11.3 Å². The largest absolute Gasteiger partial charge is 0.293 e. The fourth-order valence-electron chi connectivity index (χ4n) is 2.95. The van der Waals surface area contributed by atoms with Crippen LogP contribution < -0.4 is 0 Å². The number of imidazole rings is 1. The normalized spacial score (nSPS) is 17.7. The maximum atomic E-state index is 4.87. The SMILES string of the molecule is CC1C=CC(n2c(-c3ccccc3)nc3ccccc32)=CC1. The van der Waals surface area contributed by atoms with Crippen LogP contribution in [0.4, 0.5) is 0 Å². The smallest absolute Gasteiger partial charge is 0.145 e. The maximum Gasteiger partial charge on any atom is 0.145 e. The van der Waals surface area contributed by atoms with E-state index in [1.54, 1.807) is 0 Å². The third-order valence-electron chi connectivity index (χ3n) is 4.15. The van der Waals surface area contributed by atoms with E-state index in [2.05, 4.69) is 72.2 Å². The van der Waals surface area contributed by atoms with E-state index in [1.165, 1.54) is 5.70 Å². The van der Waals surface area contributed by atoms with E-state index in [0.29, 0.717) is 5.92 Å². The van der Waals surface area contributed by atoms with Crippen molar-refractivity contribution in [2.24, 2.45) is 5.92 Å². The lowest BCUT2D eigenvalue weighted by atomic mass is 10.0. The minimum atomic E-state index is 0.610. The van der Waals surface area contributed by atoms with Gasteiger partial charge in [-0.2, -0.15) is 0 Å². The fourth-order valence-corrected chi connectivity index (χ4v) is 2.95. The van der Waals surface area contributed by atoms with Crippen molar-refractivity contribution < 1.29 is 0 Å². The first-order chi connectivity index (χ1) is 10.8. The van der Waals surface area contributed by atoms with Crippen molar-refractivity contribution in [1.82, 2.24) is 9.55 Å². The number of hydrogen-bond acceptors (Lipinski definition) is 1. The zero-order chi connectivity index (χ0) is 14.9. The van der Waals surface area contributed by atoms with Gasteiger partial charge < -0.3 is 0 Å². The lowest BCUT2D eigenvalue weighted by molar-refractivity contribution is 0.735. The molecule has 1 atom stereocenters. The van der Waals surface area contributed by atoms with Crippen LogP contribution in [0.1, 0.15) is 13.3 Å². The summed E-state index contributed by atoms with van der Waals surface area (Å²) in [4.78, 5) is 4.87. The second-order valence-electron chi connectivity index (χ2n) is 5.83. The van der Waals surface area contributed by atoms with Gasteiger partial charge in [0.2, 0.25) is 0 Å². The molecule has 0 bridgehead atoms. The van der Waals surface area contributed by atoms with Crippen molar-refractivity contribution in [3.63, 3.8) is 0 Å². The van der Waals surface area contributed by atoms with E-state index in [-0.39, 0.29) is 0 Å². The van der Waals surface area contributed by atoms with Crippen molar-refractivity contribution >= 4 is 16.7 Å². The van der Waals surface area contributed by atoms with E-state index in [1.807, 2.05) is 12.1 Å². The molecule has 22 heavy (non-hydrogen) atoms. The van der Waals surface area contributed by atoms with Gasteiger partial charge in [-0.3, -0.25) is 4.57 Å². The quantitative estimate of drug-likeness (QED) is 0.637. The van der Waals surface area contributed by atoms with Crippen molar-refractivity contribution in [3.8, 4) is 11.4 Å². The molecule has 0 saturated heterocycles. The van der Waals surface area contributed by atoms with E-state index in [9.17, 15) is 0 Å². The van der Waals surface area contributed by atoms with Crippen molar-refractivity contribution in [3.05, 3.63) is 72.8 Å². The van der Waals surface area contributed by atoms with Gasteiger partial charge in [0.1, 0.15) is 5.82 Å². The molecule has 108 valence electrons. The summed E-state index contributed by atoms with van der Waals surface area (Å²) in [6.45, 7) is 2.24. The topological polar surface area (TPSA) is 17.8 Å². The minimum absolute atomic E-state index is 0.610. The molecule has 4 rings (SSSR count). The molecule has 3 aromatic rings. The lowest BCUT2D eigenvalue weighted by Crippen LogP contribution is -2.02. The predicted molar refractivity (Wildman–Crippen MR) is 92.4 cm³/mol. The zero-order valence-electron chi connectivity index (χ0n) is 12.6. The van der Waals surface area contributed by atoms with Gasteiger partial charge in [-0.25, -0.2) is 4.98 Å². The average molecular weight is 286 g/mol. The number of allylic oxidation sites excluding steroid dienone is 4. The fraction of sp³-hybridized carbons (Fsp3) is 0.150. The van der Waals surface area contributed by atoms with Gasteiger partial charge in [0.05, 0.1) is 11.0 Å². The number of hydrogen-bond donors (Lipinski definition) is 0. The zero-order valence-corrected chi connectivity index (χ0v) is 12.6. The lowest BCUT2D eigenvalue weighted by Gasteiger charge is -2.16. The summed E-state index contributed by atoms with van der Waals surface area (Å²) in [7, 11) is 0. The molecule has 1 aliphatic carbocycles. The van der Waals surface area contributed by atoms with Crippen LogP contribution in [0.2, 0.25) is 0 Å². The molecule has 2 nitrogen and oxygen atoms in total. The van der Waals surface area contributed by atoms with Crippen LogP contribution in [-0.2, 0) is 0 Å². The summed E-state index contributed by atoms with van der Waals surface area (Å²) in [6, 6.07) is 18.7. The van der Waals surface area contributed by atoms with Gasteiger partial charge in [-0.05, 0) is 30.5 Å². The highest BCUT2D eigenvalue weighted by atomic mass is 15.1. The first-order valence-corrected chi connectivity index (χ1v) is 7.74. The molecule has 0 aliphatic heterocycles. The van der Waals surface area contributed by atoms with Gasteiger partial charge in [-0.15, -0.1) is 0 Å². The van der Waals surface area contributed by atoms with Crippen LogP contribution in [0.25, 0.3) is 28.1 Å². The monoisotopic (exact) mass is 286 g/mol. The Hall–Kier alpha value is -2.61. The Kier molecular flexibility index (Phi) is 3.15. The number of benzene rings is 2. The standard InChI is InChI=1S/C20H18N2/c1-15-11-13-17(14-12-15)22-19-10-6-5-9-18(19)21-20(22)16-7-3-2-4-8-16/h2-11,13-15H,12H2,1H3.